The second-order valence-corrected chi connectivity index (χ2v) is 4.66. The molecule has 17 heavy (non-hydrogen) atoms. The first-order valence-electron chi connectivity index (χ1n) is 5.75. The highest BCUT2D eigenvalue weighted by Crippen LogP contribution is 2.48. The van der Waals surface area contributed by atoms with Gasteiger partial charge in [0.05, 0.1) is 12.2 Å². The molecule has 0 unspecified atom stereocenters. The number of halogens is 3. The van der Waals surface area contributed by atoms with E-state index in [0.717, 1.165) is 31.4 Å². The van der Waals surface area contributed by atoms with Crippen LogP contribution in [0.4, 0.5) is 13.2 Å². The summed E-state index contributed by atoms with van der Waals surface area (Å²) in [5.74, 6) is 0.512. The molecule has 1 fully saturated rings. The molecule has 0 aromatic heterocycles. The summed E-state index contributed by atoms with van der Waals surface area (Å²) in [7, 11) is 0. The fourth-order valence-electron chi connectivity index (χ4n) is 1.75. The van der Waals surface area contributed by atoms with E-state index in [9.17, 15) is 13.2 Å². The summed E-state index contributed by atoms with van der Waals surface area (Å²) in [6.45, 7) is 2.72. The topological polar surface area (TPSA) is 9.23 Å². The minimum Gasteiger partial charge on any atom is -0.493 e. The molecule has 1 aromatic rings. The van der Waals surface area contributed by atoms with Gasteiger partial charge in [-0.25, -0.2) is 0 Å². The minimum absolute atomic E-state index is 0.280. The summed E-state index contributed by atoms with van der Waals surface area (Å²) in [6.07, 6.45) is -0.901. The third-order valence-corrected chi connectivity index (χ3v) is 3.43. The van der Waals surface area contributed by atoms with Crippen LogP contribution in [-0.2, 0) is 6.18 Å². The molecule has 1 nitrogen and oxygen atoms in total. The Morgan fingerprint density at radius 1 is 1.18 bits per heavy atom. The highest BCUT2D eigenvalue weighted by Gasteiger charge is 2.41. The highest BCUT2D eigenvalue weighted by molar-refractivity contribution is 5.29. The van der Waals surface area contributed by atoms with Gasteiger partial charge in [-0.05, 0) is 43.5 Å². The molecule has 0 saturated heterocycles. The van der Waals surface area contributed by atoms with Crippen LogP contribution in [0.25, 0.3) is 0 Å². The van der Waals surface area contributed by atoms with E-state index in [-0.39, 0.29) is 5.41 Å². The summed E-state index contributed by atoms with van der Waals surface area (Å²) in [5.41, 5.74) is -0.357. The Hall–Kier alpha value is -1.19. The Labute approximate surface area is 98.6 Å². The summed E-state index contributed by atoms with van der Waals surface area (Å²) < 4.78 is 42.5. The molecule has 0 aliphatic heterocycles. The van der Waals surface area contributed by atoms with Crippen LogP contribution in [0.1, 0.15) is 31.7 Å². The summed E-state index contributed by atoms with van der Waals surface area (Å²) in [5, 5.41) is 0. The van der Waals surface area contributed by atoms with Gasteiger partial charge in [0.2, 0.25) is 0 Å². The van der Waals surface area contributed by atoms with E-state index in [1.807, 2.05) is 0 Å². The van der Waals surface area contributed by atoms with Crippen molar-refractivity contribution < 1.29 is 17.9 Å². The maximum atomic E-state index is 12.3. The number of benzene rings is 1. The summed E-state index contributed by atoms with van der Waals surface area (Å²) in [6, 6.07) is 4.88. The fourth-order valence-corrected chi connectivity index (χ4v) is 1.75. The van der Waals surface area contributed by atoms with Gasteiger partial charge in [0, 0.05) is 5.41 Å². The van der Waals surface area contributed by atoms with Gasteiger partial charge >= 0.3 is 6.18 Å². The lowest BCUT2D eigenvalue weighted by Crippen LogP contribution is -2.12. The van der Waals surface area contributed by atoms with Crippen molar-refractivity contribution in [3.05, 3.63) is 29.8 Å². The minimum atomic E-state index is -4.28. The maximum absolute atomic E-state index is 12.3. The first kappa shape index (κ1) is 12.3. The SMILES string of the molecule is CCC1(COc2ccc(C(F)(F)F)cc2)CC1. The van der Waals surface area contributed by atoms with Gasteiger partial charge in [0.15, 0.2) is 0 Å². The van der Waals surface area contributed by atoms with Gasteiger partial charge in [-0.2, -0.15) is 13.2 Å². The first-order chi connectivity index (χ1) is 7.95. The van der Waals surface area contributed by atoms with Crippen LogP contribution in [0.2, 0.25) is 0 Å². The average Bonchev–Trinajstić information content (AvgIpc) is 3.06. The van der Waals surface area contributed by atoms with Crippen LogP contribution in [0.5, 0.6) is 5.75 Å². The van der Waals surface area contributed by atoms with Gasteiger partial charge < -0.3 is 4.74 Å². The largest absolute Gasteiger partial charge is 0.493 e. The van der Waals surface area contributed by atoms with Crippen LogP contribution < -0.4 is 4.74 Å². The average molecular weight is 244 g/mol. The molecule has 1 saturated carbocycles. The molecule has 0 amide bonds. The molecule has 2 rings (SSSR count). The molecule has 94 valence electrons. The van der Waals surface area contributed by atoms with E-state index >= 15 is 0 Å². The van der Waals surface area contributed by atoms with Crippen molar-refractivity contribution in [2.45, 2.75) is 32.4 Å². The van der Waals surface area contributed by atoms with E-state index in [1.54, 1.807) is 0 Å². The summed E-state index contributed by atoms with van der Waals surface area (Å²) in [4.78, 5) is 0. The smallest absolute Gasteiger partial charge is 0.416 e. The maximum Gasteiger partial charge on any atom is 0.416 e. The third kappa shape index (κ3) is 2.93. The Balaban J connectivity index is 1.94. The zero-order valence-corrected chi connectivity index (χ0v) is 9.68. The van der Waals surface area contributed by atoms with Gasteiger partial charge in [-0.1, -0.05) is 6.92 Å². The zero-order valence-electron chi connectivity index (χ0n) is 9.68. The Kier molecular flexibility index (Phi) is 3.06. The monoisotopic (exact) mass is 244 g/mol. The van der Waals surface area contributed by atoms with Crippen LogP contribution in [0.15, 0.2) is 24.3 Å². The van der Waals surface area contributed by atoms with Crippen molar-refractivity contribution in [2.75, 3.05) is 6.61 Å². The predicted molar refractivity (Wildman–Crippen MR) is 58.9 cm³/mol. The molecule has 0 radical (unpaired) electrons. The lowest BCUT2D eigenvalue weighted by molar-refractivity contribution is -0.137. The Bertz CT molecular complexity index is 377. The number of hydrogen-bond acceptors (Lipinski definition) is 1. The third-order valence-electron chi connectivity index (χ3n) is 3.43. The number of ether oxygens (including phenoxy) is 1. The molecular weight excluding hydrogens is 229 g/mol. The van der Waals surface area contributed by atoms with Crippen molar-refractivity contribution in [3.8, 4) is 5.75 Å². The van der Waals surface area contributed by atoms with Gasteiger partial charge in [-0.15, -0.1) is 0 Å². The van der Waals surface area contributed by atoms with Crippen molar-refractivity contribution in [3.63, 3.8) is 0 Å². The summed E-state index contributed by atoms with van der Waals surface area (Å²) >= 11 is 0. The van der Waals surface area contributed by atoms with Gasteiger partial charge in [-0.3, -0.25) is 0 Å². The Morgan fingerprint density at radius 3 is 2.18 bits per heavy atom. The van der Waals surface area contributed by atoms with Crippen molar-refractivity contribution in [2.24, 2.45) is 5.41 Å². The fraction of sp³-hybridized carbons (Fsp3) is 0.538. The quantitative estimate of drug-likeness (QED) is 0.768. The molecule has 4 heteroatoms. The second kappa shape index (κ2) is 4.24. The van der Waals surface area contributed by atoms with Crippen LogP contribution in [-0.4, -0.2) is 6.61 Å². The molecule has 0 N–H and O–H groups in total. The molecule has 0 atom stereocenters. The molecule has 1 aliphatic rings. The lowest BCUT2D eigenvalue weighted by Gasteiger charge is -2.14. The van der Waals surface area contributed by atoms with Gasteiger partial charge in [0.25, 0.3) is 0 Å². The number of alkyl halides is 3. The van der Waals surface area contributed by atoms with Crippen molar-refractivity contribution in [1.29, 1.82) is 0 Å². The predicted octanol–water partition coefficient (Wildman–Crippen LogP) is 4.27. The van der Waals surface area contributed by atoms with Crippen molar-refractivity contribution in [1.82, 2.24) is 0 Å². The van der Waals surface area contributed by atoms with Crippen molar-refractivity contribution >= 4 is 0 Å². The molecule has 0 spiro atoms. The Morgan fingerprint density at radius 2 is 1.76 bits per heavy atom. The molecular formula is C13H15F3O. The first-order valence-corrected chi connectivity index (χ1v) is 5.75. The molecule has 1 aliphatic carbocycles. The van der Waals surface area contributed by atoms with E-state index in [1.165, 1.54) is 12.1 Å². The van der Waals surface area contributed by atoms with E-state index in [2.05, 4.69) is 6.92 Å². The second-order valence-electron chi connectivity index (χ2n) is 4.66. The normalized spacial score (nSPS) is 17.9. The number of rotatable bonds is 4. The van der Waals surface area contributed by atoms with Crippen LogP contribution in [0, 0.1) is 5.41 Å². The van der Waals surface area contributed by atoms with E-state index in [0.29, 0.717) is 12.4 Å². The van der Waals surface area contributed by atoms with Crippen LogP contribution in [0.3, 0.4) is 0 Å². The highest BCUT2D eigenvalue weighted by atomic mass is 19.4. The van der Waals surface area contributed by atoms with E-state index in [4.69, 9.17) is 4.74 Å². The number of hydrogen-bond donors (Lipinski definition) is 0. The molecule has 0 heterocycles. The molecule has 1 aromatic carbocycles. The van der Waals surface area contributed by atoms with Gasteiger partial charge in [0.1, 0.15) is 5.75 Å². The molecule has 0 bridgehead atoms. The van der Waals surface area contributed by atoms with E-state index < -0.39 is 11.7 Å². The zero-order chi connectivity index (χ0) is 12.5. The standard InChI is InChI=1S/C13H15F3O/c1-2-12(7-8-12)9-17-11-5-3-10(4-6-11)13(14,15)16/h3-6H,2,7-9H2,1H3. The lowest BCUT2D eigenvalue weighted by atomic mass is 10.1. The van der Waals surface area contributed by atoms with Crippen LogP contribution >= 0.6 is 0 Å².